The lowest BCUT2D eigenvalue weighted by molar-refractivity contribution is -0.157. The molecule has 0 radical (unpaired) electrons. The number of fused-ring (bicyclic) bond motifs is 1. The number of methoxy groups -OCH3 is 1. The van der Waals surface area contributed by atoms with Gasteiger partial charge in [-0.2, -0.15) is 0 Å². The molecule has 3 atom stereocenters. The third-order valence-corrected chi connectivity index (χ3v) is 3.74. The third kappa shape index (κ3) is 2.14. The fourth-order valence-electron chi connectivity index (χ4n) is 2.85. The summed E-state index contributed by atoms with van der Waals surface area (Å²) in [6, 6.07) is 0. The minimum absolute atomic E-state index is 0.0175. The van der Waals surface area contributed by atoms with Gasteiger partial charge in [0, 0.05) is 5.92 Å². The highest BCUT2D eigenvalue weighted by atomic mass is 16.5. The third-order valence-electron chi connectivity index (χ3n) is 3.74. The molecule has 1 saturated heterocycles. The number of carbonyl (C=O) groups is 1. The van der Waals surface area contributed by atoms with Crippen LogP contribution in [-0.2, 0) is 14.3 Å². The van der Waals surface area contributed by atoms with Crippen LogP contribution in [0.25, 0.3) is 0 Å². The predicted molar refractivity (Wildman–Crippen MR) is 60.9 cm³/mol. The molecule has 16 heavy (non-hydrogen) atoms. The zero-order valence-corrected chi connectivity index (χ0v) is 10.2. The molecule has 3 heteroatoms. The molecule has 0 saturated carbocycles. The second-order valence-electron chi connectivity index (χ2n) is 5.40. The summed E-state index contributed by atoms with van der Waals surface area (Å²) in [6.45, 7) is 4.89. The molecule has 1 aliphatic carbocycles. The molecule has 0 amide bonds. The molecule has 0 N–H and O–H groups in total. The van der Waals surface area contributed by atoms with E-state index in [-0.39, 0.29) is 17.5 Å². The van der Waals surface area contributed by atoms with Crippen molar-refractivity contribution in [2.24, 2.45) is 17.8 Å². The molecule has 0 aromatic carbocycles. The van der Waals surface area contributed by atoms with Gasteiger partial charge in [-0.1, -0.05) is 12.2 Å². The minimum atomic E-state index is -0.0948. The Balaban J connectivity index is 2.13. The molecule has 3 nitrogen and oxygen atoms in total. The summed E-state index contributed by atoms with van der Waals surface area (Å²) in [7, 11) is 1.46. The van der Waals surface area contributed by atoms with E-state index in [1.807, 2.05) is 0 Å². The summed E-state index contributed by atoms with van der Waals surface area (Å²) >= 11 is 0. The first-order valence-electron chi connectivity index (χ1n) is 5.92. The van der Waals surface area contributed by atoms with Gasteiger partial charge in [0.05, 0.1) is 25.2 Å². The van der Waals surface area contributed by atoms with Gasteiger partial charge in [-0.25, -0.2) is 0 Å². The van der Waals surface area contributed by atoms with E-state index in [1.54, 1.807) is 0 Å². The molecule has 0 bridgehead atoms. The van der Waals surface area contributed by atoms with Gasteiger partial charge in [0.25, 0.3) is 0 Å². The largest absolute Gasteiger partial charge is 0.469 e. The van der Waals surface area contributed by atoms with Crippen LogP contribution in [-0.4, -0.2) is 25.3 Å². The van der Waals surface area contributed by atoms with Crippen LogP contribution in [0, 0.1) is 17.8 Å². The van der Waals surface area contributed by atoms with Crippen LogP contribution in [0.3, 0.4) is 0 Å². The first-order chi connectivity index (χ1) is 7.53. The van der Waals surface area contributed by atoms with Crippen LogP contribution in [0.5, 0.6) is 0 Å². The van der Waals surface area contributed by atoms with Gasteiger partial charge in [-0.05, 0) is 32.6 Å². The number of carbonyl (C=O) groups excluding carboxylic acids is 1. The second kappa shape index (κ2) is 4.21. The molecular formula is C13H20O3. The lowest BCUT2D eigenvalue weighted by Gasteiger charge is -2.43. The van der Waals surface area contributed by atoms with Crippen molar-refractivity contribution in [3.8, 4) is 0 Å². The number of allylic oxidation sites excluding steroid dienone is 2. The smallest absolute Gasteiger partial charge is 0.309 e. The SMILES string of the molecule is COC(=O)C1CC=C[C@H]2CC(C)(C)OC[C@H]12. The fourth-order valence-corrected chi connectivity index (χ4v) is 2.85. The van der Waals surface area contributed by atoms with Crippen molar-refractivity contribution >= 4 is 5.97 Å². The van der Waals surface area contributed by atoms with Gasteiger partial charge in [-0.15, -0.1) is 0 Å². The van der Waals surface area contributed by atoms with E-state index in [1.165, 1.54) is 7.11 Å². The first kappa shape index (κ1) is 11.6. The van der Waals surface area contributed by atoms with Crippen molar-refractivity contribution in [1.82, 2.24) is 0 Å². The van der Waals surface area contributed by atoms with Crippen LogP contribution < -0.4 is 0 Å². The van der Waals surface area contributed by atoms with Crippen molar-refractivity contribution in [3.63, 3.8) is 0 Å². The summed E-state index contributed by atoms with van der Waals surface area (Å²) in [5, 5.41) is 0. The fraction of sp³-hybridized carbons (Fsp3) is 0.769. The van der Waals surface area contributed by atoms with Gasteiger partial charge in [0.2, 0.25) is 0 Å². The quantitative estimate of drug-likeness (QED) is 0.506. The van der Waals surface area contributed by atoms with Crippen molar-refractivity contribution < 1.29 is 14.3 Å². The van der Waals surface area contributed by atoms with Gasteiger partial charge in [-0.3, -0.25) is 4.79 Å². The molecule has 0 aromatic rings. The van der Waals surface area contributed by atoms with Crippen LogP contribution in [0.2, 0.25) is 0 Å². The molecule has 0 spiro atoms. The summed E-state index contributed by atoms with van der Waals surface area (Å²) in [5.74, 6) is 0.644. The van der Waals surface area contributed by atoms with Gasteiger partial charge >= 0.3 is 5.97 Å². The molecule has 2 aliphatic rings. The highest BCUT2D eigenvalue weighted by Gasteiger charge is 2.42. The number of hydrogen-bond donors (Lipinski definition) is 0. The standard InChI is InChI=1S/C13H20O3/c1-13(2)7-9-5-4-6-10(12(14)15-3)11(9)8-16-13/h4-5,9-11H,6-8H2,1-3H3/t9-,10?,11-/m0/s1. The van der Waals surface area contributed by atoms with Crippen molar-refractivity contribution in [2.75, 3.05) is 13.7 Å². The maximum absolute atomic E-state index is 11.7. The zero-order valence-electron chi connectivity index (χ0n) is 10.2. The second-order valence-corrected chi connectivity index (χ2v) is 5.40. The Morgan fingerprint density at radius 3 is 2.94 bits per heavy atom. The van der Waals surface area contributed by atoms with E-state index in [0.29, 0.717) is 18.4 Å². The lowest BCUT2D eigenvalue weighted by atomic mass is 9.71. The molecule has 1 aliphatic heterocycles. The Morgan fingerprint density at radius 2 is 2.25 bits per heavy atom. The topological polar surface area (TPSA) is 35.5 Å². The van der Waals surface area contributed by atoms with Gasteiger partial charge in [0.1, 0.15) is 0 Å². The molecule has 1 fully saturated rings. The van der Waals surface area contributed by atoms with E-state index in [0.717, 1.165) is 12.8 Å². The minimum Gasteiger partial charge on any atom is -0.469 e. The van der Waals surface area contributed by atoms with E-state index < -0.39 is 0 Å². The first-order valence-corrected chi connectivity index (χ1v) is 5.92. The van der Waals surface area contributed by atoms with Crippen molar-refractivity contribution in [2.45, 2.75) is 32.3 Å². The number of esters is 1. The van der Waals surface area contributed by atoms with Crippen molar-refractivity contribution in [1.29, 1.82) is 0 Å². The zero-order chi connectivity index (χ0) is 11.8. The lowest BCUT2D eigenvalue weighted by Crippen LogP contribution is -2.45. The van der Waals surface area contributed by atoms with Gasteiger partial charge in [0.15, 0.2) is 0 Å². The van der Waals surface area contributed by atoms with Gasteiger partial charge < -0.3 is 9.47 Å². The summed E-state index contributed by atoms with van der Waals surface area (Å²) < 4.78 is 10.7. The Labute approximate surface area is 96.8 Å². The monoisotopic (exact) mass is 224 g/mol. The molecular weight excluding hydrogens is 204 g/mol. The van der Waals surface area contributed by atoms with Crippen LogP contribution in [0.1, 0.15) is 26.7 Å². The molecule has 90 valence electrons. The Kier molecular flexibility index (Phi) is 3.06. The molecule has 1 heterocycles. The van der Waals surface area contributed by atoms with E-state index in [9.17, 15) is 4.79 Å². The van der Waals surface area contributed by atoms with E-state index in [4.69, 9.17) is 9.47 Å². The molecule has 1 unspecified atom stereocenters. The Hall–Kier alpha value is -0.830. The molecule has 2 rings (SSSR count). The van der Waals surface area contributed by atoms with Crippen molar-refractivity contribution in [3.05, 3.63) is 12.2 Å². The van der Waals surface area contributed by atoms with Crippen LogP contribution in [0.15, 0.2) is 12.2 Å². The maximum atomic E-state index is 11.7. The van der Waals surface area contributed by atoms with Crippen LogP contribution >= 0.6 is 0 Å². The molecule has 0 aromatic heterocycles. The predicted octanol–water partition coefficient (Wildman–Crippen LogP) is 2.17. The average Bonchev–Trinajstić information content (AvgIpc) is 2.25. The van der Waals surface area contributed by atoms with E-state index >= 15 is 0 Å². The summed E-state index contributed by atoms with van der Waals surface area (Å²) in [4.78, 5) is 11.7. The number of ether oxygens (including phenoxy) is 2. The van der Waals surface area contributed by atoms with E-state index in [2.05, 4.69) is 26.0 Å². The number of rotatable bonds is 1. The maximum Gasteiger partial charge on any atom is 0.309 e. The summed E-state index contributed by atoms with van der Waals surface area (Å²) in [6.07, 6.45) is 6.14. The Morgan fingerprint density at radius 1 is 1.50 bits per heavy atom. The summed E-state index contributed by atoms with van der Waals surface area (Å²) in [5.41, 5.74) is -0.0660. The highest BCUT2D eigenvalue weighted by Crippen LogP contribution is 2.41. The Bertz CT molecular complexity index is 306. The number of hydrogen-bond acceptors (Lipinski definition) is 3. The highest BCUT2D eigenvalue weighted by molar-refractivity contribution is 5.73. The van der Waals surface area contributed by atoms with Crippen LogP contribution in [0.4, 0.5) is 0 Å². The normalized spacial score (nSPS) is 36.6. The average molecular weight is 224 g/mol.